The molecule has 6 aliphatic rings. The average Bonchev–Trinajstić information content (AvgIpc) is 3.52. The fourth-order valence-electron chi connectivity index (χ4n) is 8.57. The minimum atomic E-state index is -3.44. The Morgan fingerprint density at radius 1 is 0.957 bits per heavy atom. The van der Waals surface area contributed by atoms with Crippen molar-refractivity contribution < 1.29 is 22.1 Å². The number of anilines is 2. The molecule has 1 heterocycles. The van der Waals surface area contributed by atoms with Crippen molar-refractivity contribution in [2.75, 3.05) is 16.2 Å². The molecule has 8 nitrogen and oxygen atoms in total. The van der Waals surface area contributed by atoms with Crippen LogP contribution in [0.2, 0.25) is 0 Å². The van der Waals surface area contributed by atoms with Crippen LogP contribution in [-0.4, -0.2) is 41.9 Å². The van der Waals surface area contributed by atoms with E-state index in [4.69, 9.17) is 9.51 Å². The maximum atomic E-state index is 14.4. The monoisotopic (exact) mass is 662 g/mol. The minimum Gasteiger partial charge on any atom is -0.339 e. The first-order valence-corrected chi connectivity index (χ1v) is 18.6. The first-order valence-electron chi connectivity index (χ1n) is 17.1. The van der Waals surface area contributed by atoms with Gasteiger partial charge in [0.05, 0.1) is 5.25 Å². The highest BCUT2D eigenvalue weighted by atomic mass is 32.2. The third-order valence-electron chi connectivity index (χ3n) is 11.6. The quantitative estimate of drug-likeness (QED) is 0.235. The molecule has 2 aromatic carbocycles. The zero-order valence-corrected chi connectivity index (χ0v) is 29.1. The Morgan fingerprint density at radius 3 is 2.15 bits per heavy atom. The molecule has 1 amide bonds. The van der Waals surface area contributed by atoms with E-state index in [1.807, 2.05) is 35.2 Å². The normalized spacial score (nSPS) is 29.7. The summed E-state index contributed by atoms with van der Waals surface area (Å²) in [5, 5.41) is 3.92. The molecule has 47 heavy (non-hydrogen) atoms. The van der Waals surface area contributed by atoms with Crippen LogP contribution >= 0.6 is 0 Å². The lowest BCUT2D eigenvalue weighted by molar-refractivity contribution is -0.215. The maximum Gasteiger partial charge on any atom is 0.235 e. The van der Waals surface area contributed by atoms with Crippen LogP contribution in [0.25, 0.3) is 11.1 Å². The van der Waals surface area contributed by atoms with Gasteiger partial charge in [-0.2, -0.15) is 4.98 Å². The average molecular weight is 663 g/mol. The zero-order chi connectivity index (χ0) is 33.5. The molecule has 0 spiro atoms. The summed E-state index contributed by atoms with van der Waals surface area (Å²) in [4.78, 5) is 21.0. The molecule has 6 saturated carbocycles. The van der Waals surface area contributed by atoms with E-state index in [0.29, 0.717) is 43.8 Å². The largest absolute Gasteiger partial charge is 0.339 e. The van der Waals surface area contributed by atoms with Gasteiger partial charge >= 0.3 is 0 Å². The maximum absolute atomic E-state index is 14.4. The molecule has 0 atom stereocenters. The summed E-state index contributed by atoms with van der Waals surface area (Å²) >= 11 is 0. The third-order valence-corrected chi connectivity index (χ3v) is 13.4. The van der Waals surface area contributed by atoms with Gasteiger partial charge in [-0.1, -0.05) is 50.2 Å². The fourth-order valence-corrected chi connectivity index (χ4v) is 9.27. The molecular formula is C37H47FN4O4S. The number of benzene rings is 2. The van der Waals surface area contributed by atoms with Crippen LogP contribution in [0.1, 0.15) is 111 Å². The van der Waals surface area contributed by atoms with Crippen LogP contribution in [0.15, 0.2) is 53.1 Å². The highest BCUT2D eigenvalue weighted by molar-refractivity contribution is 7.93. The molecular weight excluding hydrogens is 615 g/mol. The van der Waals surface area contributed by atoms with Crippen molar-refractivity contribution in [1.29, 1.82) is 0 Å². The van der Waals surface area contributed by atoms with Gasteiger partial charge in [0, 0.05) is 35.2 Å². The molecule has 4 bridgehead atoms. The smallest absolute Gasteiger partial charge is 0.235 e. The van der Waals surface area contributed by atoms with E-state index in [0.717, 1.165) is 61.2 Å². The number of nitrogens with one attached hydrogen (secondary N) is 1. The van der Waals surface area contributed by atoms with Crippen molar-refractivity contribution in [2.45, 2.75) is 121 Å². The summed E-state index contributed by atoms with van der Waals surface area (Å²) in [5.41, 5.74) is 1.75. The van der Waals surface area contributed by atoms with Crippen LogP contribution in [0.5, 0.6) is 0 Å². The van der Waals surface area contributed by atoms with Gasteiger partial charge < -0.3 is 9.42 Å². The molecule has 252 valence electrons. The molecule has 0 saturated heterocycles. The Hall–Kier alpha value is -3.27. The summed E-state index contributed by atoms with van der Waals surface area (Å²) in [6.45, 7) is 10.2. The molecule has 10 heteroatoms. The van der Waals surface area contributed by atoms with E-state index in [1.165, 1.54) is 0 Å². The number of sulfonamides is 1. The second kappa shape index (κ2) is 10.9. The van der Waals surface area contributed by atoms with Crippen LogP contribution < -0.4 is 9.62 Å². The number of aromatic nitrogens is 2. The van der Waals surface area contributed by atoms with Gasteiger partial charge in [0.25, 0.3) is 0 Å². The van der Waals surface area contributed by atoms with E-state index in [2.05, 4.69) is 36.7 Å². The Bertz CT molecular complexity index is 1750. The van der Waals surface area contributed by atoms with Crippen LogP contribution in [-0.2, 0) is 25.6 Å². The molecule has 6 aliphatic carbocycles. The number of hydrogen-bond donors (Lipinski definition) is 1. The van der Waals surface area contributed by atoms with Gasteiger partial charge in [-0.15, -0.1) is 0 Å². The van der Waals surface area contributed by atoms with Crippen molar-refractivity contribution in [3.63, 3.8) is 0 Å². The number of fused-ring (bicyclic) bond motifs is 3. The van der Waals surface area contributed by atoms with Gasteiger partial charge in [0.2, 0.25) is 21.8 Å². The van der Waals surface area contributed by atoms with Crippen molar-refractivity contribution in [2.24, 2.45) is 10.8 Å². The molecule has 0 unspecified atom stereocenters. The number of rotatable bonds is 10. The number of amides is 1. The summed E-state index contributed by atoms with van der Waals surface area (Å²) < 4.78 is 47.5. The van der Waals surface area contributed by atoms with E-state index >= 15 is 0 Å². The number of carbonyl (C=O) groups excluding carboxylic acids is 1. The number of halogens is 1. The molecule has 1 aromatic heterocycles. The highest BCUT2D eigenvalue weighted by Gasteiger charge is 2.69. The molecule has 3 aromatic rings. The van der Waals surface area contributed by atoms with Gasteiger partial charge in [0.15, 0.2) is 5.82 Å². The molecule has 1 N–H and O–H groups in total. The third kappa shape index (κ3) is 5.89. The van der Waals surface area contributed by atoms with Crippen molar-refractivity contribution in [3.05, 3.63) is 60.2 Å². The Morgan fingerprint density at radius 2 is 1.60 bits per heavy atom. The predicted octanol–water partition coefficient (Wildman–Crippen LogP) is 8.09. The van der Waals surface area contributed by atoms with Gasteiger partial charge in [0.1, 0.15) is 5.67 Å². The van der Waals surface area contributed by atoms with Crippen LogP contribution in [0.4, 0.5) is 15.8 Å². The topological polar surface area (TPSA) is 105 Å². The van der Waals surface area contributed by atoms with E-state index < -0.39 is 20.9 Å². The Balaban J connectivity index is 1.12. The van der Waals surface area contributed by atoms with Crippen LogP contribution in [0.3, 0.4) is 0 Å². The van der Waals surface area contributed by atoms with Gasteiger partial charge in [-0.05, 0) is 118 Å². The Labute approximate surface area is 277 Å². The van der Waals surface area contributed by atoms with E-state index in [-0.39, 0.29) is 27.6 Å². The lowest BCUT2D eigenvalue weighted by Gasteiger charge is -2.66. The summed E-state index contributed by atoms with van der Waals surface area (Å²) in [5.74, 6) is 1.59. The predicted molar refractivity (Wildman–Crippen MR) is 181 cm³/mol. The summed E-state index contributed by atoms with van der Waals surface area (Å²) in [6, 6.07) is 15.4. The first-order chi connectivity index (χ1) is 22.0. The SMILES string of the molecule is CC(C)S(=O)(=O)Nc1ccc(-c2cccc(N(CC34CCC(c5noc(C(C)(C)C)n5)(CC3)CC4)C(=O)CC34CC(F)(C3)C4)c2)cc1. The summed E-state index contributed by atoms with van der Waals surface area (Å²) in [7, 11) is -3.44. The van der Waals surface area contributed by atoms with Gasteiger partial charge in [-0.3, -0.25) is 9.52 Å². The molecule has 0 radical (unpaired) electrons. The number of alkyl halides is 1. The standard InChI is InChI=1S/C37H47FN4O4S/c1-25(2)47(44,45)41-28-11-9-26(10-12-28)27-7-6-8-29(19-27)42(30(43)20-35-21-37(38,22-35)23-35)24-34-13-16-36(17-14-34,18-15-34)31-39-32(46-40-31)33(3,4)5/h6-12,19,25,41H,13-18,20-24H2,1-5H3. The van der Waals surface area contributed by atoms with Crippen molar-refractivity contribution in [1.82, 2.24) is 10.1 Å². The van der Waals surface area contributed by atoms with Crippen LogP contribution in [0, 0.1) is 10.8 Å². The highest BCUT2D eigenvalue weighted by Crippen LogP contribution is 2.71. The van der Waals surface area contributed by atoms with Gasteiger partial charge in [-0.25, -0.2) is 12.8 Å². The zero-order valence-electron chi connectivity index (χ0n) is 28.2. The van der Waals surface area contributed by atoms with E-state index in [1.54, 1.807) is 26.0 Å². The Kier molecular flexibility index (Phi) is 7.47. The molecule has 9 rings (SSSR count). The summed E-state index contributed by atoms with van der Waals surface area (Å²) in [6.07, 6.45) is 7.77. The first kappa shape index (κ1) is 32.3. The second-order valence-electron chi connectivity index (χ2n) is 16.6. The fraction of sp³-hybridized carbons (Fsp3) is 0.595. The van der Waals surface area contributed by atoms with Crippen molar-refractivity contribution >= 4 is 27.3 Å². The lowest BCUT2D eigenvalue weighted by Crippen LogP contribution is -2.65. The molecule has 0 aliphatic heterocycles. The van der Waals surface area contributed by atoms with Crippen molar-refractivity contribution in [3.8, 4) is 11.1 Å². The number of nitrogens with zero attached hydrogens (tertiary/aromatic N) is 3. The lowest BCUT2D eigenvalue weighted by atomic mass is 9.41. The van der Waals surface area contributed by atoms with E-state index in [9.17, 15) is 17.6 Å². The number of hydrogen-bond acceptors (Lipinski definition) is 6. The minimum absolute atomic E-state index is 0.0000268. The number of carbonyl (C=O) groups is 1. The molecule has 6 fully saturated rings. The second-order valence-corrected chi connectivity index (χ2v) is 18.9.